The molecule has 1 N–H and O–H groups in total. The van der Waals surface area contributed by atoms with Crippen LogP contribution in [-0.2, 0) is 23.8 Å². The zero-order valence-electron chi connectivity index (χ0n) is 35.1. The third-order valence-electron chi connectivity index (χ3n) is 10.3. The van der Waals surface area contributed by atoms with Gasteiger partial charge in [0.15, 0.2) is 0 Å². The van der Waals surface area contributed by atoms with Crippen molar-refractivity contribution < 1.29 is 28.9 Å². The van der Waals surface area contributed by atoms with E-state index in [1.807, 2.05) is 0 Å². The Labute approximate surface area is 323 Å². The van der Waals surface area contributed by atoms with Crippen molar-refractivity contribution in [2.75, 3.05) is 46.1 Å². The lowest BCUT2D eigenvalue weighted by molar-refractivity contribution is -0.150. The molecule has 0 aromatic carbocycles. The average molecular weight is 740 g/mol. The van der Waals surface area contributed by atoms with Crippen LogP contribution in [0.5, 0.6) is 0 Å². The van der Waals surface area contributed by atoms with Gasteiger partial charge >= 0.3 is 11.9 Å². The molecule has 7 nitrogen and oxygen atoms in total. The van der Waals surface area contributed by atoms with Gasteiger partial charge in [-0.1, -0.05) is 156 Å². The molecule has 0 bridgehead atoms. The highest BCUT2D eigenvalue weighted by Crippen LogP contribution is 2.18. The van der Waals surface area contributed by atoms with Crippen LogP contribution < -0.4 is 0 Å². The predicted octanol–water partition coefficient (Wildman–Crippen LogP) is 12.3. The molecule has 0 rings (SSSR count). The first-order chi connectivity index (χ1) is 25.6. The Bertz CT molecular complexity index is 719. The van der Waals surface area contributed by atoms with Gasteiger partial charge in [0, 0.05) is 19.4 Å². The summed E-state index contributed by atoms with van der Waals surface area (Å²) in [6, 6.07) is 0. The van der Waals surface area contributed by atoms with Crippen molar-refractivity contribution in [1.29, 1.82) is 0 Å². The molecule has 0 saturated heterocycles. The van der Waals surface area contributed by atoms with Crippen LogP contribution in [0.3, 0.4) is 0 Å². The fourth-order valence-electron chi connectivity index (χ4n) is 6.92. The third kappa shape index (κ3) is 38.5. The Kier molecular flexibility index (Phi) is 41.6. The van der Waals surface area contributed by atoms with Crippen LogP contribution in [-0.4, -0.2) is 74.1 Å². The maximum absolute atomic E-state index is 12.7. The van der Waals surface area contributed by atoms with E-state index in [9.17, 15) is 9.59 Å². The number of esters is 2. The number of ether oxygens (including phenoxy) is 3. The summed E-state index contributed by atoms with van der Waals surface area (Å²) in [6.45, 7) is 11.5. The van der Waals surface area contributed by atoms with Crippen LogP contribution in [0.15, 0.2) is 0 Å². The van der Waals surface area contributed by atoms with Crippen LogP contribution in [0.25, 0.3) is 0 Å². The molecular formula is C45H89NO6. The SMILES string of the molecule is CCCCCCCCOC(=O)CCCCCCCN(CCCCCCCC(=O)OC(CCCCCCCC)CCCCCCCC)CCOCCO. The Hall–Kier alpha value is -1.18. The first-order valence-electron chi connectivity index (χ1n) is 22.8. The van der Waals surface area contributed by atoms with Crippen molar-refractivity contribution in [2.45, 2.75) is 232 Å². The summed E-state index contributed by atoms with van der Waals surface area (Å²) in [7, 11) is 0. The van der Waals surface area contributed by atoms with Crippen molar-refractivity contribution >= 4 is 11.9 Å². The fourth-order valence-corrected chi connectivity index (χ4v) is 6.92. The van der Waals surface area contributed by atoms with Crippen LogP contribution in [0.4, 0.5) is 0 Å². The Balaban J connectivity index is 4.17. The van der Waals surface area contributed by atoms with Gasteiger partial charge in [-0.05, 0) is 70.9 Å². The predicted molar refractivity (Wildman–Crippen MR) is 220 cm³/mol. The number of aliphatic hydroxyl groups excluding tert-OH is 1. The number of hydrogen-bond donors (Lipinski definition) is 1. The summed E-state index contributed by atoms with van der Waals surface area (Å²) in [5.74, 6) is -0.0201. The van der Waals surface area contributed by atoms with Gasteiger partial charge < -0.3 is 24.2 Å². The highest BCUT2D eigenvalue weighted by Gasteiger charge is 2.14. The quantitative estimate of drug-likeness (QED) is 0.0492. The van der Waals surface area contributed by atoms with E-state index in [4.69, 9.17) is 19.3 Å². The van der Waals surface area contributed by atoms with Crippen LogP contribution in [0, 0.1) is 0 Å². The zero-order chi connectivity index (χ0) is 38.0. The Morgan fingerprint density at radius 2 is 0.885 bits per heavy atom. The van der Waals surface area contributed by atoms with E-state index in [-0.39, 0.29) is 24.6 Å². The van der Waals surface area contributed by atoms with Crippen LogP contribution in [0.2, 0.25) is 0 Å². The van der Waals surface area contributed by atoms with Gasteiger partial charge in [0.25, 0.3) is 0 Å². The van der Waals surface area contributed by atoms with Gasteiger partial charge in [0.05, 0.1) is 26.4 Å². The van der Waals surface area contributed by atoms with Crippen molar-refractivity contribution in [3.8, 4) is 0 Å². The molecule has 0 aromatic heterocycles. The van der Waals surface area contributed by atoms with Gasteiger partial charge in [-0.25, -0.2) is 0 Å². The lowest BCUT2D eigenvalue weighted by Crippen LogP contribution is -2.30. The van der Waals surface area contributed by atoms with Gasteiger partial charge in [-0.3, -0.25) is 9.59 Å². The molecule has 0 aliphatic rings. The fraction of sp³-hybridized carbons (Fsp3) is 0.956. The first-order valence-corrected chi connectivity index (χ1v) is 22.8. The molecule has 0 amide bonds. The molecule has 0 saturated carbocycles. The van der Waals surface area contributed by atoms with E-state index >= 15 is 0 Å². The molecule has 0 aliphatic heterocycles. The summed E-state index contributed by atoms with van der Waals surface area (Å²) >= 11 is 0. The van der Waals surface area contributed by atoms with Gasteiger partial charge in [-0.15, -0.1) is 0 Å². The summed E-state index contributed by atoms with van der Waals surface area (Å²) in [6.07, 6.45) is 36.9. The molecule has 0 spiro atoms. The summed E-state index contributed by atoms with van der Waals surface area (Å²) in [5, 5.41) is 9.06. The van der Waals surface area contributed by atoms with E-state index in [0.717, 1.165) is 96.7 Å². The smallest absolute Gasteiger partial charge is 0.306 e. The number of carbonyl (C=O) groups excluding carboxylic acids is 2. The van der Waals surface area contributed by atoms with Crippen LogP contribution >= 0.6 is 0 Å². The summed E-state index contributed by atoms with van der Waals surface area (Å²) in [4.78, 5) is 27.3. The van der Waals surface area contributed by atoms with Crippen LogP contribution in [0.1, 0.15) is 226 Å². The molecular weight excluding hydrogens is 650 g/mol. The van der Waals surface area contributed by atoms with Gasteiger partial charge in [0.1, 0.15) is 6.10 Å². The minimum absolute atomic E-state index is 0.0134. The maximum atomic E-state index is 12.7. The molecule has 310 valence electrons. The van der Waals surface area contributed by atoms with Crippen molar-refractivity contribution in [3.05, 3.63) is 0 Å². The van der Waals surface area contributed by atoms with Crippen molar-refractivity contribution in [2.24, 2.45) is 0 Å². The number of unbranched alkanes of at least 4 members (excludes halogenated alkanes) is 23. The van der Waals surface area contributed by atoms with Gasteiger partial charge in [0.2, 0.25) is 0 Å². The molecule has 0 unspecified atom stereocenters. The van der Waals surface area contributed by atoms with E-state index in [0.29, 0.717) is 32.7 Å². The molecule has 7 heteroatoms. The molecule has 0 aromatic rings. The molecule has 0 fully saturated rings. The lowest BCUT2D eigenvalue weighted by atomic mass is 10.0. The second-order valence-corrected chi connectivity index (χ2v) is 15.4. The lowest BCUT2D eigenvalue weighted by Gasteiger charge is -2.22. The van der Waals surface area contributed by atoms with E-state index in [1.165, 1.54) is 116 Å². The molecule has 0 radical (unpaired) electrons. The Morgan fingerprint density at radius 3 is 1.38 bits per heavy atom. The number of nitrogens with zero attached hydrogens (tertiary/aromatic N) is 1. The zero-order valence-corrected chi connectivity index (χ0v) is 35.1. The minimum atomic E-state index is -0.0335. The topological polar surface area (TPSA) is 85.3 Å². The maximum Gasteiger partial charge on any atom is 0.306 e. The number of rotatable bonds is 43. The van der Waals surface area contributed by atoms with E-state index in [1.54, 1.807) is 0 Å². The van der Waals surface area contributed by atoms with Crippen molar-refractivity contribution in [1.82, 2.24) is 4.90 Å². The summed E-state index contributed by atoms with van der Waals surface area (Å²) < 4.78 is 17.0. The number of carbonyl (C=O) groups is 2. The molecule has 52 heavy (non-hydrogen) atoms. The second-order valence-electron chi connectivity index (χ2n) is 15.4. The monoisotopic (exact) mass is 740 g/mol. The van der Waals surface area contributed by atoms with E-state index in [2.05, 4.69) is 25.7 Å². The highest BCUT2D eigenvalue weighted by molar-refractivity contribution is 5.69. The van der Waals surface area contributed by atoms with Crippen molar-refractivity contribution in [3.63, 3.8) is 0 Å². The summed E-state index contributed by atoms with van der Waals surface area (Å²) in [5.41, 5.74) is 0. The van der Waals surface area contributed by atoms with E-state index < -0.39 is 0 Å². The third-order valence-corrected chi connectivity index (χ3v) is 10.3. The average Bonchev–Trinajstić information content (AvgIpc) is 3.14. The minimum Gasteiger partial charge on any atom is -0.466 e. The largest absolute Gasteiger partial charge is 0.466 e. The molecule has 0 heterocycles. The molecule has 0 atom stereocenters. The number of hydrogen-bond acceptors (Lipinski definition) is 7. The van der Waals surface area contributed by atoms with Gasteiger partial charge in [-0.2, -0.15) is 0 Å². The highest BCUT2D eigenvalue weighted by atomic mass is 16.5. The standard InChI is InChI=1S/C45H89NO6/c1-4-7-10-13-18-25-32-43(33-26-19-14-11-8-5-2)52-45(49)35-28-21-17-23-30-37-46(38-41-50-42-39-47)36-29-22-16-20-27-34-44(48)51-40-31-24-15-12-9-6-3/h43,47H,4-42H2,1-3H3. The number of aliphatic hydroxyl groups is 1. The second kappa shape index (κ2) is 42.6. The molecule has 0 aliphatic carbocycles. The normalized spacial score (nSPS) is 11.6. The first kappa shape index (κ1) is 50.8. The Morgan fingerprint density at radius 1 is 0.462 bits per heavy atom.